The predicted molar refractivity (Wildman–Crippen MR) is 139 cm³/mol. The molecule has 1 unspecified atom stereocenters. The summed E-state index contributed by atoms with van der Waals surface area (Å²) in [6, 6.07) is 6.21. The maximum Gasteiger partial charge on any atom is 0.333 e. The van der Waals surface area contributed by atoms with Gasteiger partial charge in [-0.25, -0.2) is 4.79 Å². The van der Waals surface area contributed by atoms with E-state index in [0.29, 0.717) is 19.3 Å². The third-order valence-corrected chi connectivity index (χ3v) is 11.9. The summed E-state index contributed by atoms with van der Waals surface area (Å²) in [5.74, 6) is -0.846. The number of Topliss-reactive ketones (excluding diaryl/α,β-unsaturated/α-hetero) is 1. The topological polar surface area (TPSA) is 107 Å². The Morgan fingerprint density at radius 2 is 1.78 bits per heavy atom. The lowest BCUT2D eigenvalue weighted by atomic mass is 9.43. The zero-order chi connectivity index (χ0) is 27.4. The standard InChI is InChI=1S/C29H42O7S/c1-7-27(5)16-23(36-24(31)17-35-37(33,34)21-10-8-18(2)9-11-21)28(6)19(3)12-14-29(20(4)26(27)32)15-13-22(30)25(28)29/h8-11,19-20,23,25-26,32H,7,12-17H2,1-6H3/t19-,20+,23-,25?,26+,27-,28+,29+/m1/s1. The summed E-state index contributed by atoms with van der Waals surface area (Å²) in [5, 5.41) is 11.6. The Bertz CT molecular complexity index is 1150. The van der Waals surface area contributed by atoms with Gasteiger partial charge in [0.1, 0.15) is 11.9 Å². The number of benzene rings is 1. The summed E-state index contributed by atoms with van der Waals surface area (Å²) in [6.07, 6.45) is 2.75. The number of ketones is 1. The van der Waals surface area contributed by atoms with Gasteiger partial charge in [0.15, 0.2) is 6.61 Å². The Labute approximate surface area is 221 Å². The van der Waals surface area contributed by atoms with Crippen molar-refractivity contribution >= 4 is 21.9 Å². The van der Waals surface area contributed by atoms with Crippen molar-refractivity contribution in [2.45, 2.75) is 97.2 Å². The molecule has 0 radical (unpaired) electrons. The van der Waals surface area contributed by atoms with Gasteiger partial charge in [-0.1, -0.05) is 52.3 Å². The molecule has 3 fully saturated rings. The van der Waals surface area contributed by atoms with Crippen LogP contribution in [0.4, 0.5) is 0 Å². The first-order chi connectivity index (χ1) is 17.2. The first kappa shape index (κ1) is 28.2. The molecule has 3 aliphatic rings. The van der Waals surface area contributed by atoms with Gasteiger partial charge in [-0.3, -0.25) is 8.98 Å². The minimum Gasteiger partial charge on any atom is -0.460 e. The molecular formula is C29H42O7S. The molecule has 3 aliphatic carbocycles. The number of aliphatic hydroxyl groups excluding tert-OH is 1. The van der Waals surface area contributed by atoms with Crippen molar-refractivity contribution in [1.82, 2.24) is 0 Å². The van der Waals surface area contributed by atoms with Gasteiger partial charge in [-0.15, -0.1) is 0 Å². The highest BCUT2D eigenvalue weighted by Gasteiger charge is 2.68. The second-order valence-corrected chi connectivity index (χ2v) is 14.0. The van der Waals surface area contributed by atoms with Gasteiger partial charge in [-0.2, -0.15) is 8.42 Å². The number of aliphatic hydroxyl groups is 1. The molecule has 0 heterocycles. The maximum absolute atomic E-state index is 13.5. The van der Waals surface area contributed by atoms with Gasteiger partial charge < -0.3 is 9.84 Å². The molecule has 0 amide bonds. The van der Waals surface area contributed by atoms with E-state index in [1.807, 2.05) is 20.8 Å². The highest BCUT2D eigenvalue weighted by Crippen LogP contribution is 2.68. The van der Waals surface area contributed by atoms with E-state index < -0.39 is 45.7 Å². The van der Waals surface area contributed by atoms with E-state index in [1.165, 1.54) is 12.1 Å². The Kier molecular flexibility index (Phi) is 7.45. The minimum atomic E-state index is -4.13. The Balaban J connectivity index is 1.65. The molecule has 1 aromatic rings. The SMILES string of the molecule is CC[C@]1(C)C[C@@H](OC(=O)COS(=O)(=O)c2ccc(C)cc2)[C@@]2(C)C3C(=O)CC[C@@]3(CC[C@H]2C)[C@@H](C)[C@@H]1O. The maximum atomic E-state index is 13.5. The van der Waals surface area contributed by atoms with E-state index in [4.69, 9.17) is 8.92 Å². The van der Waals surface area contributed by atoms with Gasteiger partial charge in [0, 0.05) is 17.8 Å². The quantitative estimate of drug-likeness (QED) is 0.411. The molecule has 0 saturated heterocycles. The highest BCUT2D eigenvalue weighted by atomic mass is 32.2. The van der Waals surface area contributed by atoms with Crippen LogP contribution in [0.5, 0.6) is 0 Å². The Morgan fingerprint density at radius 3 is 2.41 bits per heavy atom. The zero-order valence-corrected chi connectivity index (χ0v) is 23.8. The van der Waals surface area contributed by atoms with E-state index in [1.54, 1.807) is 12.1 Å². The molecule has 1 aromatic carbocycles. The lowest BCUT2D eigenvalue weighted by Gasteiger charge is -2.62. The molecule has 3 saturated carbocycles. The van der Waals surface area contributed by atoms with Crippen LogP contribution in [-0.2, 0) is 28.6 Å². The summed E-state index contributed by atoms with van der Waals surface area (Å²) >= 11 is 0. The first-order valence-electron chi connectivity index (χ1n) is 13.6. The van der Waals surface area contributed by atoms with Crippen molar-refractivity contribution in [2.24, 2.45) is 34.0 Å². The van der Waals surface area contributed by atoms with Gasteiger partial charge in [0.2, 0.25) is 0 Å². The number of ether oxygens (including phenoxy) is 1. The van der Waals surface area contributed by atoms with E-state index in [2.05, 4.69) is 20.8 Å². The monoisotopic (exact) mass is 534 g/mol. The third kappa shape index (κ3) is 4.57. The average Bonchev–Trinajstić information content (AvgIpc) is 3.21. The van der Waals surface area contributed by atoms with E-state index in [-0.39, 0.29) is 33.8 Å². The fourth-order valence-corrected chi connectivity index (χ4v) is 8.66. The molecule has 8 heteroatoms. The summed E-state index contributed by atoms with van der Waals surface area (Å²) in [7, 11) is -4.13. The average molecular weight is 535 g/mol. The van der Waals surface area contributed by atoms with Crippen molar-refractivity contribution in [3.05, 3.63) is 29.8 Å². The number of carbonyl (C=O) groups excluding carboxylic acids is 2. The number of aryl methyl sites for hydroxylation is 1. The lowest BCUT2D eigenvalue weighted by molar-refractivity contribution is -0.212. The molecular weight excluding hydrogens is 492 g/mol. The fourth-order valence-electron chi connectivity index (χ4n) is 7.80. The van der Waals surface area contributed by atoms with Crippen molar-refractivity contribution in [1.29, 1.82) is 0 Å². The van der Waals surface area contributed by atoms with Crippen molar-refractivity contribution in [3.63, 3.8) is 0 Å². The van der Waals surface area contributed by atoms with Gasteiger partial charge >= 0.3 is 5.97 Å². The van der Waals surface area contributed by atoms with Gasteiger partial charge in [0.05, 0.1) is 11.0 Å². The molecule has 8 atom stereocenters. The minimum absolute atomic E-state index is 0.0262. The molecule has 37 heavy (non-hydrogen) atoms. The molecule has 0 spiro atoms. The van der Waals surface area contributed by atoms with Gasteiger partial charge in [0.25, 0.3) is 10.1 Å². The molecule has 1 N–H and O–H groups in total. The number of carbonyl (C=O) groups is 2. The Hall–Kier alpha value is -1.77. The van der Waals surface area contributed by atoms with Crippen LogP contribution in [-0.4, -0.2) is 44.1 Å². The zero-order valence-electron chi connectivity index (χ0n) is 23.0. The van der Waals surface area contributed by atoms with Crippen LogP contribution in [0, 0.1) is 40.9 Å². The number of hydrogen-bond donors (Lipinski definition) is 1. The van der Waals surface area contributed by atoms with Crippen LogP contribution in [0.15, 0.2) is 29.2 Å². The highest BCUT2D eigenvalue weighted by molar-refractivity contribution is 7.86. The largest absolute Gasteiger partial charge is 0.460 e. The number of hydrogen-bond acceptors (Lipinski definition) is 7. The van der Waals surface area contributed by atoms with E-state index >= 15 is 0 Å². The van der Waals surface area contributed by atoms with Gasteiger partial charge in [-0.05, 0) is 73.8 Å². The third-order valence-electron chi connectivity index (χ3n) is 10.6. The lowest BCUT2D eigenvalue weighted by Crippen LogP contribution is -2.63. The molecule has 2 bridgehead atoms. The second-order valence-electron chi connectivity index (χ2n) is 12.4. The molecule has 0 aromatic heterocycles. The summed E-state index contributed by atoms with van der Waals surface area (Å²) in [4.78, 5) is 26.5. The van der Waals surface area contributed by atoms with Crippen molar-refractivity contribution < 1.29 is 32.0 Å². The van der Waals surface area contributed by atoms with Crippen LogP contribution in [0.2, 0.25) is 0 Å². The van der Waals surface area contributed by atoms with E-state index in [0.717, 1.165) is 24.8 Å². The van der Waals surface area contributed by atoms with Crippen molar-refractivity contribution in [3.8, 4) is 0 Å². The summed E-state index contributed by atoms with van der Waals surface area (Å²) in [5.41, 5.74) is -0.570. The normalized spacial score (nSPS) is 40.0. The Morgan fingerprint density at radius 1 is 1.14 bits per heavy atom. The summed E-state index contributed by atoms with van der Waals surface area (Å²) < 4.78 is 36.4. The number of esters is 1. The van der Waals surface area contributed by atoms with Crippen LogP contribution in [0.3, 0.4) is 0 Å². The molecule has 7 nitrogen and oxygen atoms in total. The van der Waals surface area contributed by atoms with Crippen LogP contribution >= 0.6 is 0 Å². The predicted octanol–water partition coefficient (Wildman–Crippen LogP) is 4.83. The molecule has 4 rings (SSSR count). The van der Waals surface area contributed by atoms with Crippen LogP contribution in [0.1, 0.15) is 78.7 Å². The smallest absolute Gasteiger partial charge is 0.333 e. The fraction of sp³-hybridized carbons (Fsp3) is 0.724. The second kappa shape index (κ2) is 9.76. The van der Waals surface area contributed by atoms with Crippen LogP contribution in [0.25, 0.3) is 0 Å². The summed E-state index contributed by atoms with van der Waals surface area (Å²) in [6.45, 7) is 11.5. The van der Waals surface area contributed by atoms with Crippen molar-refractivity contribution in [2.75, 3.05) is 6.61 Å². The first-order valence-corrected chi connectivity index (χ1v) is 15.0. The number of rotatable bonds is 6. The molecule has 0 aliphatic heterocycles. The van der Waals surface area contributed by atoms with Crippen LogP contribution < -0.4 is 0 Å². The van der Waals surface area contributed by atoms with E-state index in [9.17, 15) is 23.1 Å². The molecule has 206 valence electrons.